The van der Waals surface area contributed by atoms with Gasteiger partial charge in [-0.15, -0.1) is 11.3 Å². The number of rotatable bonds is 4. The first-order valence-electron chi connectivity index (χ1n) is 4.65. The van der Waals surface area contributed by atoms with Gasteiger partial charge in [-0.1, -0.05) is 12.1 Å². The van der Waals surface area contributed by atoms with Gasteiger partial charge in [0.1, 0.15) is 5.01 Å². The Bertz CT molecular complexity index is 397. The number of aromatic nitrogens is 1. The van der Waals surface area contributed by atoms with Crippen LogP contribution in [0.4, 0.5) is 5.69 Å². The van der Waals surface area contributed by atoms with E-state index >= 15 is 0 Å². The first-order chi connectivity index (χ1) is 7.34. The van der Waals surface area contributed by atoms with Gasteiger partial charge in [-0.2, -0.15) is 0 Å². The predicted molar refractivity (Wildman–Crippen MR) is 61.5 cm³/mol. The van der Waals surface area contributed by atoms with Gasteiger partial charge in [0.2, 0.25) is 0 Å². The van der Waals surface area contributed by atoms with Crippen LogP contribution in [-0.4, -0.2) is 4.98 Å². The van der Waals surface area contributed by atoms with Crippen molar-refractivity contribution in [3.63, 3.8) is 0 Å². The molecule has 2 N–H and O–H groups in total. The molecule has 0 bridgehead atoms. The minimum Gasteiger partial charge on any atom is -0.399 e. The SMILES string of the molecule is Nc1ccc(COCc2nccs2)cc1. The van der Waals surface area contributed by atoms with E-state index in [-0.39, 0.29) is 0 Å². The Hall–Kier alpha value is -1.39. The van der Waals surface area contributed by atoms with Crippen LogP contribution in [0.5, 0.6) is 0 Å². The van der Waals surface area contributed by atoms with Gasteiger partial charge in [-0.3, -0.25) is 0 Å². The molecule has 1 aromatic heterocycles. The molecule has 0 spiro atoms. The lowest BCUT2D eigenvalue weighted by atomic mass is 10.2. The van der Waals surface area contributed by atoms with Crippen LogP contribution in [0.15, 0.2) is 35.8 Å². The molecule has 78 valence electrons. The highest BCUT2D eigenvalue weighted by atomic mass is 32.1. The van der Waals surface area contributed by atoms with Gasteiger partial charge < -0.3 is 10.5 Å². The van der Waals surface area contributed by atoms with Gasteiger partial charge in [0.25, 0.3) is 0 Å². The van der Waals surface area contributed by atoms with Crippen molar-refractivity contribution in [2.75, 3.05) is 5.73 Å². The van der Waals surface area contributed by atoms with Crippen LogP contribution < -0.4 is 5.73 Å². The number of nitrogens with two attached hydrogens (primary N) is 1. The highest BCUT2D eigenvalue weighted by Gasteiger charge is 1.96. The van der Waals surface area contributed by atoms with E-state index in [4.69, 9.17) is 10.5 Å². The molecule has 0 unspecified atom stereocenters. The topological polar surface area (TPSA) is 48.1 Å². The number of nitrogen functional groups attached to an aromatic ring is 1. The maximum atomic E-state index is 5.58. The lowest BCUT2D eigenvalue weighted by Gasteiger charge is -2.02. The Balaban J connectivity index is 1.81. The van der Waals surface area contributed by atoms with Crippen molar-refractivity contribution in [1.82, 2.24) is 4.98 Å². The molecule has 0 fully saturated rings. The van der Waals surface area contributed by atoms with Gasteiger partial charge in [0.05, 0.1) is 13.2 Å². The summed E-state index contributed by atoms with van der Waals surface area (Å²) in [5.74, 6) is 0. The summed E-state index contributed by atoms with van der Waals surface area (Å²) in [6.07, 6.45) is 1.78. The molecule has 1 aromatic carbocycles. The van der Waals surface area contributed by atoms with Crippen LogP contribution in [0.1, 0.15) is 10.6 Å². The maximum absolute atomic E-state index is 5.58. The molecule has 1 heterocycles. The van der Waals surface area contributed by atoms with Crippen LogP contribution in [0.25, 0.3) is 0 Å². The van der Waals surface area contributed by atoms with Crippen LogP contribution in [0, 0.1) is 0 Å². The van der Waals surface area contributed by atoms with Crippen molar-refractivity contribution in [1.29, 1.82) is 0 Å². The van der Waals surface area contributed by atoms with Gasteiger partial charge in [0.15, 0.2) is 0 Å². The normalized spacial score (nSPS) is 10.4. The zero-order chi connectivity index (χ0) is 10.5. The number of hydrogen-bond donors (Lipinski definition) is 1. The predicted octanol–water partition coefficient (Wildman–Crippen LogP) is 2.44. The zero-order valence-electron chi connectivity index (χ0n) is 8.22. The van der Waals surface area contributed by atoms with Crippen LogP contribution in [0.2, 0.25) is 0 Å². The summed E-state index contributed by atoms with van der Waals surface area (Å²) in [5, 5.41) is 2.95. The summed E-state index contributed by atoms with van der Waals surface area (Å²) >= 11 is 1.60. The second kappa shape index (κ2) is 4.91. The van der Waals surface area contributed by atoms with Crippen LogP contribution >= 0.6 is 11.3 Å². The minimum absolute atomic E-state index is 0.571. The molecule has 0 atom stereocenters. The smallest absolute Gasteiger partial charge is 0.118 e. The van der Waals surface area contributed by atoms with Gasteiger partial charge in [-0.05, 0) is 17.7 Å². The van der Waals surface area contributed by atoms with Crippen molar-refractivity contribution in [2.24, 2.45) is 0 Å². The Kier molecular flexibility index (Phi) is 3.32. The fourth-order valence-corrected chi connectivity index (χ4v) is 1.75. The van der Waals surface area contributed by atoms with Crippen molar-refractivity contribution < 1.29 is 4.74 Å². The van der Waals surface area contributed by atoms with Crippen molar-refractivity contribution in [3.05, 3.63) is 46.4 Å². The molecule has 0 saturated carbocycles. The highest BCUT2D eigenvalue weighted by Crippen LogP contribution is 2.09. The average molecular weight is 220 g/mol. The molecule has 2 rings (SSSR count). The molecule has 0 aliphatic rings. The maximum Gasteiger partial charge on any atom is 0.118 e. The van der Waals surface area contributed by atoms with Gasteiger partial charge in [0, 0.05) is 17.3 Å². The standard InChI is InChI=1S/C11H12N2OS/c12-10-3-1-9(2-4-10)7-14-8-11-13-5-6-15-11/h1-6H,7-8,12H2. The highest BCUT2D eigenvalue weighted by molar-refractivity contribution is 7.09. The number of ether oxygens (including phenoxy) is 1. The largest absolute Gasteiger partial charge is 0.399 e. The quantitative estimate of drug-likeness (QED) is 0.805. The third-order valence-corrected chi connectivity index (χ3v) is 2.71. The summed E-state index contributed by atoms with van der Waals surface area (Å²) in [4.78, 5) is 4.14. The lowest BCUT2D eigenvalue weighted by Crippen LogP contribution is -1.94. The van der Waals surface area contributed by atoms with Crippen molar-refractivity contribution in [2.45, 2.75) is 13.2 Å². The van der Waals surface area contributed by atoms with Crippen molar-refractivity contribution in [3.8, 4) is 0 Å². The lowest BCUT2D eigenvalue weighted by molar-refractivity contribution is 0.107. The first kappa shape index (κ1) is 10.1. The Morgan fingerprint density at radius 1 is 1.20 bits per heavy atom. The van der Waals surface area contributed by atoms with E-state index in [1.54, 1.807) is 17.5 Å². The van der Waals surface area contributed by atoms with E-state index in [0.717, 1.165) is 16.3 Å². The van der Waals surface area contributed by atoms with Gasteiger partial charge in [-0.25, -0.2) is 4.98 Å². The fourth-order valence-electron chi connectivity index (χ4n) is 1.19. The van der Waals surface area contributed by atoms with Crippen molar-refractivity contribution >= 4 is 17.0 Å². The molecule has 0 saturated heterocycles. The zero-order valence-corrected chi connectivity index (χ0v) is 9.04. The third-order valence-electron chi connectivity index (χ3n) is 1.96. The summed E-state index contributed by atoms with van der Waals surface area (Å²) in [6, 6.07) is 7.69. The van der Waals surface area contributed by atoms with E-state index in [1.165, 1.54) is 0 Å². The molecule has 0 amide bonds. The fraction of sp³-hybridized carbons (Fsp3) is 0.182. The number of nitrogens with zero attached hydrogens (tertiary/aromatic N) is 1. The third kappa shape index (κ3) is 3.04. The van der Waals surface area contributed by atoms with E-state index in [9.17, 15) is 0 Å². The molecule has 15 heavy (non-hydrogen) atoms. The Morgan fingerprint density at radius 2 is 2.00 bits per heavy atom. The average Bonchev–Trinajstić information content (AvgIpc) is 2.74. The Labute approximate surface area is 92.5 Å². The van der Waals surface area contributed by atoms with E-state index in [1.807, 2.05) is 29.6 Å². The summed E-state index contributed by atoms with van der Waals surface area (Å²) in [7, 11) is 0. The number of thiazole rings is 1. The van der Waals surface area contributed by atoms with Crippen LogP contribution in [0.3, 0.4) is 0 Å². The second-order valence-electron chi connectivity index (χ2n) is 3.16. The van der Waals surface area contributed by atoms with Crippen LogP contribution in [-0.2, 0) is 18.0 Å². The monoisotopic (exact) mass is 220 g/mol. The number of hydrogen-bond acceptors (Lipinski definition) is 4. The molecule has 0 aliphatic carbocycles. The summed E-state index contributed by atoms with van der Waals surface area (Å²) < 4.78 is 5.51. The molecule has 0 radical (unpaired) electrons. The molecule has 3 nitrogen and oxygen atoms in total. The van der Waals surface area contributed by atoms with E-state index in [2.05, 4.69) is 4.98 Å². The van der Waals surface area contributed by atoms with E-state index < -0.39 is 0 Å². The second-order valence-corrected chi connectivity index (χ2v) is 4.14. The number of anilines is 1. The van der Waals surface area contributed by atoms with E-state index in [0.29, 0.717) is 13.2 Å². The molecular formula is C11H12N2OS. The number of benzene rings is 1. The minimum atomic E-state index is 0.571. The van der Waals surface area contributed by atoms with Gasteiger partial charge >= 0.3 is 0 Å². The molecule has 0 aliphatic heterocycles. The summed E-state index contributed by atoms with van der Waals surface area (Å²) in [5.41, 5.74) is 7.49. The Morgan fingerprint density at radius 3 is 2.67 bits per heavy atom. The molecule has 4 heteroatoms. The molecule has 2 aromatic rings. The molecular weight excluding hydrogens is 208 g/mol. The summed E-state index contributed by atoms with van der Waals surface area (Å²) in [6.45, 7) is 1.17. The first-order valence-corrected chi connectivity index (χ1v) is 5.53.